The first-order chi connectivity index (χ1) is 8.45. The van der Waals surface area contributed by atoms with Gasteiger partial charge in [0, 0.05) is 33.3 Å². The maximum atomic E-state index is 11.2. The summed E-state index contributed by atoms with van der Waals surface area (Å²) >= 11 is 0. The Labute approximate surface area is 133 Å². The molecule has 7 nitrogen and oxygen atoms in total. The summed E-state index contributed by atoms with van der Waals surface area (Å²) in [6.07, 6.45) is 0. The summed E-state index contributed by atoms with van der Waals surface area (Å²) in [4.78, 5) is 4.03. The van der Waals surface area contributed by atoms with E-state index in [0.29, 0.717) is 25.7 Å². The Balaban J connectivity index is 0. The van der Waals surface area contributed by atoms with Crippen LogP contribution in [0, 0.1) is 0 Å². The second-order valence-corrected chi connectivity index (χ2v) is 5.89. The Morgan fingerprint density at radius 1 is 1.37 bits per heavy atom. The van der Waals surface area contributed by atoms with E-state index in [1.54, 1.807) is 21.1 Å². The Morgan fingerprint density at radius 3 is 2.47 bits per heavy atom. The van der Waals surface area contributed by atoms with Crippen molar-refractivity contribution in [2.45, 2.75) is 19.9 Å². The average molecular weight is 408 g/mol. The third kappa shape index (κ3) is 11.4. The van der Waals surface area contributed by atoms with Crippen molar-refractivity contribution in [3.8, 4) is 0 Å². The van der Waals surface area contributed by atoms with Crippen molar-refractivity contribution in [1.29, 1.82) is 0 Å². The normalized spacial score (nSPS) is 13.6. The second kappa shape index (κ2) is 11.7. The van der Waals surface area contributed by atoms with E-state index >= 15 is 0 Å². The number of halogens is 1. The van der Waals surface area contributed by atoms with E-state index in [-0.39, 0.29) is 35.8 Å². The van der Waals surface area contributed by atoms with E-state index in [1.807, 2.05) is 6.92 Å². The predicted molar refractivity (Wildman–Crippen MR) is 88.7 cm³/mol. The van der Waals surface area contributed by atoms with Crippen LogP contribution in [-0.2, 0) is 14.8 Å². The molecule has 0 rings (SSSR count). The number of sulfonamides is 1. The van der Waals surface area contributed by atoms with Gasteiger partial charge in [-0.3, -0.25) is 4.99 Å². The predicted octanol–water partition coefficient (Wildman–Crippen LogP) is -0.256. The molecule has 0 heterocycles. The number of guanidine groups is 1. The molecule has 3 N–H and O–H groups in total. The smallest absolute Gasteiger partial charge is 0.211 e. The van der Waals surface area contributed by atoms with Gasteiger partial charge in [-0.05, 0) is 13.8 Å². The molecule has 0 bridgehead atoms. The fourth-order valence-corrected chi connectivity index (χ4v) is 1.83. The van der Waals surface area contributed by atoms with E-state index in [4.69, 9.17) is 4.74 Å². The monoisotopic (exact) mass is 408 g/mol. The number of methoxy groups -OCH3 is 1. The van der Waals surface area contributed by atoms with Gasteiger partial charge in [0.2, 0.25) is 10.0 Å². The molecule has 0 aromatic rings. The molecule has 19 heavy (non-hydrogen) atoms. The molecule has 1 unspecified atom stereocenters. The molecule has 0 fully saturated rings. The van der Waals surface area contributed by atoms with E-state index in [9.17, 15) is 8.42 Å². The molecule has 0 aliphatic carbocycles. The lowest BCUT2D eigenvalue weighted by Gasteiger charge is -2.17. The van der Waals surface area contributed by atoms with Gasteiger partial charge in [-0.2, -0.15) is 0 Å². The van der Waals surface area contributed by atoms with Crippen LogP contribution in [0.2, 0.25) is 0 Å². The molecule has 9 heteroatoms. The van der Waals surface area contributed by atoms with E-state index in [0.717, 1.165) is 0 Å². The number of ether oxygens (including phenoxy) is 1. The molecule has 0 aliphatic heterocycles. The van der Waals surface area contributed by atoms with Crippen LogP contribution in [0.3, 0.4) is 0 Å². The SMILES string of the molecule is CCS(=O)(=O)NCCNC(=NC)NC(C)COC.I. The van der Waals surface area contributed by atoms with Gasteiger partial charge in [0.15, 0.2) is 5.96 Å². The summed E-state index contributed by atoms with van der Waals surface area (Å²) < 4.78 is 29.8. The lowest BCUT2D eigenvalue weighted by molar-refractivity contribution is 0.179. The van der Waals surface area contributed by atoms with Crippen LogP contribution in [0.5, 0.6) is 0 Å². The summed E-state index contributed by atoms with van der Waals surface area (Å²) in [7, 11) is 0.165. The first-order valence-corrected chi connectivity index (χ1v) is 7.53. The minimum atomic E-state index is -3.13. The second-order valence-electron chi connectivity index (χ2n) is 3.80. The number of hydrogen-bond acceptors (Lipinski definition) is 4. The van der Waals surface area contributed by atoms with Crippen molar-refractivity contribution < 1.29 is 13.2 Å². The van der Waals surface area contributed by atoms with Crippen LogP contribution in [0.1, 0.15) is 13.8 Å². The van der Waals surface area contributed by atoms with Gasteiger partial charge in [-0.1, -0.05) is 0 Å². The van der Waals surface area contributed by atoms with Gasteiger partial charge in [0.05, 0.1) is 12.4 Å². The molecule has 0 saturated carbocycles. The van der Waals surface area contributed by atoms with Gasteiger partial charge in [-0.15, -0.1) is 24.0 Å². The molecule has 0 radical (unpaired) electrons. The zero-order valence-corrected chi connectivity index (χ0v) is 15.0. The standard InChI is InChI=1S/C10H24N4O3S.HI/c1-5-18(15,16)13-7-6-12-10(11-3)14-9(2)8-17-4;/h9,13H,5-8H2,1-4H3,(H2,11,12,14);1H. The summed E-state index contributed by atoms with van der Waals surface area (Å²) in [6.45, 7) is 4.94. The Kier molecular flexibility index (Phi) is 13.0. The lowest BCUT2D eigenvalue weighted by atomic mass is 10.4. The van der Waals surface area contributed by atoms with Gasteiger partial charge >= 0.3 is 0 Å². The number of nitrogens with one attached hydrogen (secondary N) is 3. The van der Waals surface area contributed by atoms with Crippen LogP contribution < -0.4 is 15.4 Å². The highest BCUT2D eigenvalue weighted by Gasteiger charge is 2.06. The third-order valence-corrected chi connectivity index (χ3v) is 3.55. The molecule has 1 atom stereocenters. The Morgan fingerprint density at radius 2 is 2.00 bits per heavy atom. The maximum Gasteiger partial charge on any atom is 0.211 e. The Hall–Kier alpha value is -0.130. The number of nitrogens with zero attached hydrogens (tertiary/aromatic N) is 1. The van der Waals surface area contributed by atoms with Crippen molar-refractivity contribution in [2.24, 2.45) is 4.99 Å². The van der Waals surface area contributed by atoms with Crippen molar-refractivity contribution in [2.75, 3.05) is 39.6 Å². The van der Waals surface area contributed by atoms with Gasteiger partial charge in [0.25, 0.3) is 0 Å². The van der Waals surface area contributed by atoms with Gasteiger partial charge in [0.1, 0.15) is 0 Å². The zero-order valence-electron chi connectivity index (χ0n) is 11.9. The average Bonchev–Trinajstić information content (AvgIpc) is 2.33. The fourth-order valence-electron chi connectivity index (χ4n) is 1.21. The number of aliphatic imine (C=N–C) groups is 1. The highest BCUT2D eigenvalue weighted by Crippen LogP contribution is 1.83. The molecule has 0 spiro atoms. The van der Waals surface area contributed by atoms with Crippen molar-refractivity contribution >= 4 is 40.0 Å². The molecule has 0 aromatic carbocycles. The molecule has 0 amide bonds. The summed E-state index contributed by atoms with van der Waals surface area (Å²) in [5.74, 6) is 0.709. The molecule has 0 aromatic heterocycles. The van der Waals surface area contributed by atoms with Crippen molar-refractivity contribution in [3.05, 3.63) is 0 Å². The topological polar surface area (TPSA) is 91.8 Å². The number of rotatable bonds is 8. The minimum absolute atomic E-state index is 0. The minimum Gasteiger partial charge on any atom is -0.383 e. The maximum absolute atomic E-state index is 11.2. The first-order valence-electron chi connectivity index (χ1n) is 5.88. The van der Waals surface area contributed by atoms with E-state index < -0.39 is 10.0 Å². The van der Waals surface area contributed by atoms with E-state index in [2.05, 4.69) is 20.3 Å². The Bertz CT molecular complexity index is 349. The van der Waals surface area contributed by atoms with Gasteiger partial charge < -0.3 is 15.4 Å². The van der Waals surface area contributed by atoms with Crippen LogP contribution in [0.25, 0.3) is 0 Å². The summed E-state index contributed by atoms with van der Waals surface area (Å²) in [6, 6.07) is 0.133. The molecule has 0 saturated heterocycles. The quantitative estimate of drug-likeness (QED) is 0.223. The van der Waals surface area contributed by atoms with E-state index in [1.165, 1.54) is 0 Å². The molecule has 116 valence electrons. The fraction of sp³-hybridized carbons (Fsp3) is 0.900. The molecular weight excluding hydrogens is 383 g/mol. The first kappa shape index (κ1) is 21.2. The highest BCUT2D eigenvalue weighted by molar-refractivity contribution is 14.0. The molecule has 0 aliphatic rings. The summed E-state index contributed by atoms with van der Waals surface area (Å²) in [5, 5.41) is 6.13. The van der Waals surface area contributed by atoms with Crippen LogP contribution in [0.15, 0.2) is 4.99 Å². The van der Waals surface area contributed by atoms with Crippen LogP contribution in [-0.4, -0.2) is 60.0 Å². The van der Waals surface area contributed by atoms with Crippen LogP contribution in [0.4, 0.5) is 0 Å². The lowest BCUT2D eigenvalue weighted by Crippen LogP contribution is -2.46. The largest absolute Gasteiger partial charge is 0.383 e. The van der Waals surface area contributed by atoms with Crippen molar-refractivity contribution in [3.63, 3.8) is 0 Å². The summed E-state index contributed by atoms with van der Waals surface area (Å²) in [5.41, 5.74) is 0. The van der Waals surface area contributed by atoms with Crippen molar-refractivity contribution in [1.82, 2.24) is 15.4 Å². The zero-order chi connectivity index (χ0) is 14.0. The third-order valence-electron chi connectivity index (χ3n) is 2.14. The molecular formula is C10H25IN4O3S. The van der Waals surface area contributed by atoms with Crippen LogP contribution >= 0.6 is 24.0 Å². The number of hydrogen-bond donors (Lipinski definition) is 3. The highest BCUT2D eigenvalue weighted by atomic mass is 127. The van der Waals surface area contributed by atoms with Gasteiger partial charge in [-0.25, -0.2) is 13.1 Å².